The van der Waals surface area contributed by atoms with Crippen LogP contribution >= 0.6 is 15.9 Å². The average molecular weight is 387 g/mol. The number of benzene rings is 2. The van der Waals surface area contributed by atoms with Crippen LogP contribution in [0.1, 0.15) is 40.4 Å². The van der Waals surface area contributed by atoms with Crippen LogP contribution in [0.2, 0.25) is 0 Å². The van der Waals surface area contributed by atoms with Crippen LogP contribution in [0.15, 0.2) is 53.0 Å². The zero-order valence-electron chi connectivity index (χ0n) is 14.0. The summed E-state index contributed by atoms with van der Waals surface area (Å²) in [5, 5.41) is 3.11. The number of hydrogen-bond acceptors (Lipinski definition) is 2. The summed E-state index contributed by atoms with van der Waals surface area (Å²) >= 11 is 3.42. The third-order valence-corrected chi connectivity index (χ3v) is 5.08. The van der Waals surface area contributed by atoms with Crippen molar-refractivity contribution in [1.82, 2.24) is 10.2 Å². The highest BCUT2D eigenvalue weighted by molar-refractivity contribution is 9.10. The number of amides is 1. The summed E-state index contributed by atoms with van der Waals surface area (Å²) in [7, 11) is 0. The van der Waals surface area contributed by atoms with Crippen LogP contribution in [-0.4, -0.2) is 30.4 Å². The van der Waals surface area contributed by atoms with Gasteiger partial charge in [-0.15, -0.1) is 0 Å². The smallest absolute Gasteiger partial charge is 0.251 e. The van der Waals surface area contributed by atoms with E-state index in [1.165, 1.54) is 24.0 Å². The first-order chi connectivity index (χ1) is 11.6. The Labute approximate surface area is 152 Å². The van der Waals surface area contributed by atoms with Gasteiger partial charge >= 0.3 is 0 Å². The summed E-state index contributed by atoms with van der Waals surface area (Å²) in [4.78, 5) is 14.9. The van der Waals surface area contributed by atoms with Crippen LogP contribution in [0.3, 0.4) is 0 Å². The van der Waals surface area contributed by atoms with Gasteiger partial charge in [0.2, 0.25) is 0 Å². The van der Waals surface area contributed by atoms with Crippen molar-refractivity contribution in [2.24, 2.45) is 0 Å². The van der Waals surface area contributed by atoms with Crippen LogP contribution < -0.4 is 5.32 Å². The lowest BCUT2D eigenvalue weighted by Crippen LogP contribution is -2.36. The maximum absolute atomic E-state index is 12.5. The van der Waals surface area contributed by atoms with E-state index in [9.17, 15) is 4.79 Å². The molecule has 1 unspecified atom stereocenters. The molecule has 2 aromatic rings. The summed E-state index contributed by atoms with van der Waals surface area (Å²) < 4.78 is 0.921. The lowest BCUT2D eigenvalue weighted by molar-refractivity contribution is 0.0938. The molecule has 1 heterocycles. The minimum atomic E-state index is -0.0207. The van der Waals surface area contributed by atoms with Crippen LogP contribution in [0, 0.1) is 6.92 Å². The molecule has 0 aromatic heterocycles. The van der Waals surface area contributed by atoms with Gasteiger partial charge in [0, 0.05) is 16.6 Å². The molecule has 0 spiro atoms. The fraction of sp³-hybridized carbons (Fsp3) is 0.350. The van der Waals surface area contributed by atoms with Crippen molar-refractivity contribution in [2.45, 2.75) is 25.8 Å². The lowest BCUT2D eigenvalue weighted by atomic mass is 10.0. The molecule has 3 rings (SSSR count). The predicted octanol–water partition coefficient (Wildman–Crippen LogP) is 4.32. The number of likely N-dealkylation sites (tertiary alicyclic amines) is 1. The van der Waals surface area contributed by atoms with E-state index in [1.807, 2.05) is 24.3 Å². The highest BCUT2D eigenvalue weighted by Gasteiger charge is 2.24. The number of carbonyl (C=O) groups excluding carboxylic acids is 1. The lowest BCUT2D eigenvalue weighted by Gasteiger charge is -2.28. The van der Waals surface area contributed by atoms with Crippen molar-refractivity contribution in [2.75, 3.05) is 19.6 Å². The van der Waals surface area contributed by atoms with Crippen molar-refractivity contribution in [1.29, 1.82) is 0 Å². The summed E-state index contributed by atoms with van der Waals surface area (Å²) in [6.45, 7) is 4.94. The maximum atomic E-state index is 12.5. The molecular formula is C20H23BrN2O. The molecule has 1 aliphatic heterocycles. The molecule has 0 bridgehead atoms. The van der Waals surface area contributed by atoms with Crippen molar-refractivity contribution in [3.8, 4) is 0 Å². The van der Waals surface area contributed by atoms with Gasteiger partial charge in [-0.1, -0.05) is 51.8 Å². The number of halogens is 1. The Morgan fingerprint density at radius 2 is 1.88 bits per heavy atom. The molecule has 3 nitrogen and oxygen atoms in total. The number of nitrogens with zero attached hydrogens (tertiary/aromatic N) is 1. The quantitative estimate of drug-likeness (QED) is 0.829. The first kappa shape index (κ1) is 17.2. The van der Waals surface area contributed by atoms with Crippen molar-refractivity contribution < 1.29 is 4.79 Å². The largest absolute Gasteiger partial charge is 0.350 e. The first-order valence-electron chi connectivity index (χ1n) is 8.48. The minimum Gasteiger partial charge on any atom is -0.350 e. The van der Waals surface area contributed by atoms with Gasteiger partial charge < -0.3 is 5.32 Å². The summed E-state index contributed by atoms with van der Waals surface area (Å²) in [6.07, 6.45) is 2.48. The molecule has 2 aromatic carbocycles. The van der Waals surface area contributed by atoms with Gasteiger partial charge in [0.05, 0.1) is 6.04 Å². The van der Waals surface area contributed by atoms with Gasteiger partial charge in [-0.05, 0) is 56.6 Å². The third kappa shape index (κ3) is 4.25. The molecule has 0 radical (unpaired) electrons. The van der Waals surface area contributed by atoms with Crippen LogP contribution in [0.4, 0.5) is 0 Å². The first-order valence-corrected chi connectivity index (χ1v) is 9.27. The maximum Gasteiger partial charge on any atom is 0.251 e. The summed E-state index contributed by atoms with van der Waals surface area (Å²) in [5.41, 5.74) is 3.22. The molecule has 1 amide bonds. The number of rotatable bonds is 5. The van der Waals surface area contributed by atoms with E-state index in [0.717, 1.165) is 17.6 Å². The second-order valence-electron chi connectivity index (χ2n) is 6.39. The molecule has 0 aliphatic carbocycles. The number of aryl methyl sites for hydroxylation is 1. The molecule has 24 heavy (non-hydrogen) atoms. The van der Waals surface area contributed by atoms with E-state index < -0.39 is 0 Å². The zero-order chi connectivity index (χ0) is 16.9. The molecule has 4 heteroatoms. The number of nitrogens with one attached hydrogen (secondary N) is 1. The van der Waals surface area contributed by atoms with Crippen molar-refractivity contribution in [3.05, 3.63) is 69.7 Å². The van der Waals surface area contributed by atoms with Crippen molar-refractivity contribution in [3.63, 3.8) is 0 Å². The second-order valence-corrected chi connectivity index (χ2v) is 7.31. The monoisotopic (exact) mass is 386 g/mol. The van der Waals surface area contributed by atoms with E-state index in [1.54, 1.807) is 0 Å². The Morgan fingerprint density at radius 3 is 2.54 bits per heavy atom. The highest BCUT2D eigenvalue weighted by atomic mass is 79.9. The minimum absolute atomic E-state index is 0.0207. The molecule has 1 aliphatic rings. The molecule has 1 fully saturated rings. The highest BCUT2D eigenvalue weighted by Crippen LogP contribution is 2.25. The fourth-order valence-corrected chi connectivity index (χ4v) is 3.62. The average Bonchev–Trinajstić information content (AvgIpc) is 3.11. The second kappa shape index (κ2) is 7.95. The fourth-order valence-electron chi connectivity index (χ4n) is 3.22. The Balaban J connectivity index is 1.72. The Kier molecular flexibility index (Phi) is 5.69. The molecule has 0 saturated carbocycles. The van der Waals surface area contributed by atoms with E-state index in [2.05, 4.69) is 57.3 Å². The van der Waals surface area contributed by atoms with Gasteiger partial charge in [0.1, 0.15) is 0 Å². The van der Waals surface area contributed by atoms with Crippen LogP contribution in [-0.2, 0) is 0 Å². The van der Waals surface area contributed by atoms with Crippen LogP contribution in [0.5, 0.6) is 0 Å². The van der Waals surface area contributed by atoms with Gasteiger partial charge in [-0.3, -0.25) is 9.69 Å². The van der Waals surface area contributed by atoms with Crippen molar-refractivity contribution >= 4 is 21.8 Å². The SMILES string of the molecule is Cc1ccc(C(CNC(=O)c2cccc(Br)c2)N2CCCC2)cc1. The zero-order valence-corrected chi connectivity index (χ0v) is 15.6. The molecule has 1 saturated heterocycles. The number of carbonyl (C=O) groups is 1. The number of hydrogen-bond donors (Lipinski definition) is 1. The van der Waals surface area contributed by atoms with E-state index in [-0.39, 0.29) is 11.9 Å². The van der Waals surface area contributed by atoms with Gasteiger partial charge in [-0.2, -0.15) is 0 Å². The Bertz CT molecular complexity index is 693. The molecule has 1 N–H and O–H groups in total. The van der Waals surface area contributed by atoms with Gasteiger partial charge in [-0.25, -0.2) is 0 Å². The summed E-state index contributed by atoms with van der Waals surface area (Å²) in [5.74, 6) is -0.0207. The predicted molar refractivity (Wildman–Crippen MR) is 101 cm³/mol. The molecular weight excluding hydrogens is 364 g/mol. The van der Waals surface area contributed by atoms with Gasteiger partial charge in [0.15, 0.2) is 0 Å². The Morgan fingerprint density at radius 1 is 1.17 bits per heavy atom. The standard InChI is InChI=1S/C20H23BrN2O/c1-15-7-9-16(10-8-15)19(23-11-2-3-12-23)14-22-20(24)17-5-4-6-18(21)13-17/h4-10,13,19H,2-3,11-12,14H2,1H3,(H,22,24). The van der Waals surface area contributed by atoms with E-state index in [0.29, 0.717) is 12.1 Å². The topological polar surface area (TPSA) is 32.3 Å². The Hall–Kier alpha value is -1.65. The normalized spacial score (nSPS) is 16.1. The third-order valence-electron chi connectivity index (χ3n) is 4.59. The van der Waals surface area contributed by atoms with E-state index >= 15 is 0 Å². The molecule has 1 atom stereocenters. The summed E-state index contributed by atoms with van der Waals surface area (Å²) in [6, 6.07) is 16.4. The molecule has 126 valence electrons. The van der Waals surface area contributed by atoms with E-state index in [4.69, 9.17) is 0 Å². The van der Waals surface area contributed by atoms with Crippen LogP contribution in [0.25, 0.3) is 0 Å². The van der Waals surface area contributed by atoms with Gasteiger partial charge in [0.25, 0.3) is 5.91 Å².